The second kappa shape index (κ2) is 11.0. The molecule has 2 unspecified atom stereocenters. The average molecular weight is 483 g/mol. The molecule has 2 aromatic carbocycles. The van der Waals surface area contributed by atoms with E-state index in [-0.39, 0.29) is 18.6 Å². The molecule has 1 fully saturated rings. The lowest BCUT2D eigenvalue weighted by molar-refractivity contribution is -0.140. The van der Waals surface area contributed by atoms with Gasteiger partial charge in [-0.05, 0) is 59.4 Å². The van der Waals surface area contributed by atoms with Crippen LogP contribution in [0.5, 0.6) is 0 Å². The third-order valence-electron chi connectivity index (χ3n) is 6.67. The molecule has 0 spiro atoms. The van der Waals surface area contributed by atoms with Gasteiger partial charge in [-0.25, -0.2) is 4.79 Å². The molecular weight excluding hydrogens is 452 g/mol. The standard InChI is InChI=1S/C26H30N2O5S/c1-16(17-10-12-34-13-11-17)27-25(31)23(14-24(29)30)28-26(32)33-15-22-20-8-4-2-6-18(20)19-7-3-5-9-21(19)22/h2-9,16-17,22-23H,10-15H2,1H3,(H,27,31)(H,28,32)(H,29,30). The van der Waals surface area contributed by atoms with E-state index in [0.717, 1.165) is 46.6 Å². The van der Waals surface area contributed by atoms with E-state index in [1.54, 1.807) is 0 Å². The molecule has 34 heavy (non-hydrogen) atoms. The number of thioether (sulfide) groups is 1. The Morgan fingerprint density at radius 1 is 1.00 bits per heavy atom. The fourth-order valence-electron chi connectivity index (χ4n) is 4.82. The number of carboxylic acids is 1. The van der Waals surface area contributed by atoms with Crippen LogP contribution in [0.2, 0.25) is 0 Å². The number of amides is 2. The van der Waals surface area contributed by atoms with Gasteiger partial charge in [0.05, 0.1) is 6.42 Å². The topological polar surface area (TPSA) is 105 Å². The Morgan fingerprint density at radius 3 is 2.18 bits per heavy atom. The van der Waals surface area contributed by atoms with Gasteiger partial charge in [-0.15, -0.1) is 0 Å². The minimum atomic E-state index is -1.20. The van der Waals surface area contributed by atoms with Crippen molar-refractivity contribution in [3.63, 3.8) is 0 Å². The van der Waals surface area contributed by atoms with E-state index >= 15 is 0 Å². The quantitative estimate of drug-likeness (QED) is 0.525. The smallest absolute Gasteiger partial charge is 0.407 e. The number of aliphatic carboxylic acids is 1. The van der Waals surface area contributed by atoms with Gasteiger partial charge in [-0.3, -0.25) is 9.59 Å². The van der Waals surface area contributed by atoms with Crippen LogP contribution in [0.3, 0.4) is 0 Å². The highest BCUT2D eigenvalue weighted by atomic mass is 32.2. The van der Waals surface area contributed by atoms with Gasteiger partial charge in [0, 0.05) is 12.0 Å². The van der Waals surface area contributed by atoms with E-state index in [1.165, 1.54) is 0 Å². The summed E-state index contributed by atoms with van der Waals surface area (Å²) in [6.07, 6.45) is 0.707. The van der Waals surface area contributed by atoms with Crippen molar-refractivity contribution < 1.29 is 24.2 Å². The first-order chi connectivity index (χ1) is 16.4. The van der Waals surface area contributed by atoms with Crippen molar-refractivity contribution in [2.45, 2.75) is 44.2 Å². The maximum absolute atomic E-state index is 12.8. The molecule has 180 valence electrons. The summed E-state index contributed by atoms with van der Waals surface area (Å²) >= 11 is 1.90. The number of benzene rings is 2. The Kier molecular flexibility index (Phi) is 7.77. The number of hydrogen-bond donors (Lipinski definition) is 3. The van der Waals surface area contributed by atoms with Crippen LogP contribution in [-0.2, 0) is 14.3 Å². The molecule has 3 N–H and O–H groups in total. The summed E-state index contributed by atoms with van der Waals surface area (Å²) in [5.74, 6) is 0.685. The van der Waals surface area contributed by atoms with Crippen LogP contribution in [0.25, 0.3) is 11.1 Å². The highest BCUT2D eigenvalue weighted by Crippen LogP contribution is 2.44. The molecule has 2 aliphatic rings. The third kappa shape index (κ3) is 5.55. The van der Waals surface area contributed by atoms with Gasteiger partial charge in [0.1, 0.15) is 12.6 Å². The number of nitrogens with one attached hydrogen (secondary N) is 2. The molecule has 8 heteroatoms. The second-order valence-corrected chi connectivity index (χ2v) is 10.1. The van der Waals surface area contributed by atoms with Crippen LogP contribution in [0.15, 0.2) is 48.5 Å². The predicted octanol–water partition coefficient (Wildman–Crippen LogP) is 4.02. The van der Waals surface area contributed by atoms with Gasteiger partial charge in [-0.2, -0.15) is 11.8 Å². The van der Waals surface area contributed by atoms with Crippen LogP contribution in [0.1, 0.15) is 43.2 Å². The molecule has 2 aromatic rings. The molecule has 0 saturated carbocycles. The van der Waals surface area contributed by atoms with Crippen LogP contribution < -0.4 is 10.6 Å². The van der Waals surface area contributed by atoms with Crippen molar-refractivity contribution in [3.8, 4) is 11.1 Å². The molecule has 1 aliphatic carbocycles. The zero-order valence-electron chi connectivity index (χ0n) is 19.2. The highest BCUT2D eigenvalue weighted by Gasteiger charge is 2.31. The zero-order chi connectivity index (χ0) is 24.1. The Bertz CT molecular complexity index is 1010. The predicted molar refractivity (Wildman–Crippen MR) is 132 cm³/mol. The average Bonchev–Trinajstić information content (AvgIpc) is 3.16. The summed E-state index contributed by atoms with van der Waals surface area (Å²) in [4.78, 5) is 36.8. The second-order valence-electron chi connectivity index (χ2n) is 8.87. The van der Waals surface area contributed by atoms with Crippen LogP contribution in [-0.4, -0.2) is 53.3 Å². The Hall–Kier alpha value is -3.00. The van der Waals surface area contributed by atoms with Gasteiger partial charge < -0.3 is 20.5 Å². The summed E-state index contributed by atoms with van der Waals surface area (Å²) in [6.45, 7) is 2.03. The Morgan fingerprint density at radius 2 is 1.59 bits per heavy atom. The van der Waals surface area contributed by atoms with Gasteiger partial charge >= 0.3 is 12.1 Å². The molecule has 0 aromatic heterocycles. The number of rotatable bonds is 8. The summed E-state index contributed by atoms with van der Waals surface area (Å²) < 4.78 is 5.50. The Balaban J connectivity index is 1.38. The van der Waals surface area contributed by atoms with E-state index in [9.17, 15) is 19.5 Å². The lowest BCUT2D eigenvalue weighted by Gasteiger charge is -2.29. The van der Waals surface area contributed by atoms with Crippen molar-refractivity contribution in [2.24, 2.45) is 5.92 Å². The monoisotopic (exact) mass is 482 g/mol. The summed E-state index contributed by atoms with van der Waals surface area (Å²) in [5, 5.41) is 14.6. The van der Waals surface area contributed by atoms with Crippen molar-refractivity contribution in [1.82, 2.24) is 10.6 Å². The SMILES string of the molecule is CC(NC(=O)C(CC(=O)O)NC(=O)OCC1c2ccccc2-c2ccccc21)C1CCSCC1. The normalized spacial score (nSPS) is 17.2. The summed E-state index contributed by atoms with van der Waals surface area (Å²) in [7, 11) is 0. The van der Waals surface area contributed by atoms with Gasteiger partial charge in [0.2, 0.25) is 5.91 Å². The van der Waals surface area contributed by atoms with Crippen LogP contribution >= 0.6 is 11.8 Å². The maximum Gasteiger partial charge on any atom is 0.407 e. The summed E-state index contributed by atoms with van der Waals surface area (Å²) in [5.41, 5.74) is 4.39. The van der Waals surface area contributed by atoms with Gasteiger partial charge in [0.25, 0.3) is 0 Å². The lowest BCUT2D eigenvalue weighted by atomic mass is 9.94. The lowest BCUT2D eigenvalue weighted by Crippen LogP contribution is -2.51. The van der Waals surface area contributed by atoms with E-state index in [0.29, 0.717) is 5.92 Å². The van der Waals surface area contributed by atoms with Crippen molar-refractivity contribution in [1.29, 1.82) is 0 Å². The Labute approximate surface area is 203 Å². The van der Waals surface area contributed by atoms with Crippen molar-refractivity contribution >= 4 is 29.7 Å². The third-order valence-corrected chi connectivity index (χ3v) is 7.72. The fraction of sp³-hybridized carbons (Fsp3) is 0.423. The van der Waals surface area contributed by atoms with Crippen LogP contribution in [0.4, 0.5) is 4.79 Å². The number of carbonyl (C=O) groups is 3. The van der Waals surface area contributed by atoms with E-state index < -0.39 is 30.4 Å². The molecule has 1 saturated heterocycles. The number of hydrogen-bond acceptors (Lipinski definition) is 5. The first kappa shape index (κ1) is 24.1. The molecule has 0 radical (unpaired) electrons. The molecule has 1 heterocycles. The number of alkyl carbamates (subject to hydrolysis) is 1. The molecular formula is C26H30N2O5S. The first-order valence-corrected chi connectivity index (χ1v) is 12.8. The fourth-order valence-corrected chi connectivity index (χ4v) is 5.97. The van der Waals surface area contributed by atoms with Crippen molar-refractivity contribution in [2.75, 3.05) is 18.1 Å². The minimum Gasteiger partial charge on any atom is -0.481 e. The molecule has 7 nitrogen and oxygen atoms in total. The molecule has 2 amide bonds. The first-order valence-electron chi connectivity index (χ1n) is 11.7. The van der Waals surface area contributed by atoms with Gasteiger partial charge in [-0.1, -0.05) is 48.5 Å². The van der Waals surface area contributed by atoms with Crippen molar-refractivity contribution in [3.05, 3.63) is 59.7 Å². The van der Waals surface area contributed by atoms with E-state index in [1.807, 2.05) is 67.2 Å². The molecule has 2 atom stereocenters. The number of carbonyl (C=O) groups excluding carboxylic acids is 2. The largest absolute Gasteiger partial charge is 0.481 e. The number of ether oxygens (including phenoxy) is 1. The highest BCUT2D eigenvalue weighted by molar-refractivity contribution is 7.99. The number of carboxylic acid groups (broad SMARTS) is 1. The van der Waals surface area contributed by atoms with E-state index in [2.05, 4.69) is 10.6 Å². The molecule has 4 rings (SSSR count). The van der Waals surface area contributed by atoms with Gasteiger partial charge in [0.15, 0.2) is 0 Å². The van der Waals surface area contributed by atoms with Crippen LogP contribution in [0, 0.1) is 5.92 Å². The maximum atomic E-state index is 12.8. The summed E-state index contributed by atoms with van der Waals surface area (Å²) in [6, 6.07) is 14.7. The molecule has 1 aliphatic heterocycles. The molecule has 0 bridgehead atoms. The minimum absolute atomic E-state index is 0.0889. The zero-order valence-corrected chi connectivity index (χ0v) is 20.0. The van der Waals surface area contributed by atoms with E-state index in [4.69, 9.17) is 4.74 Å². The number of fused-ring (bicyclic) bond motifs is 3.